The van der Waals surface area contributed by atoms with E-state index in [0.29, 0.717) is 10.0 Å². The third-order valence-electron chi connectivity index (χ3n) is 3.14. The Kier molecular flexibility index (Phi) is 3.93. The van der Waals surface area contributed by atoms with Gasteiger partial charge in [-0.2, -0.15) is 5.26 Å². The van der Waals surface area contributed by atoms with Crippen molar-refractivity contribution in [1.82, 2.24) is 5.32 Å². The van der Waals surface area contributed by atoms with Crippen LogP contribution >= 0.6 is 23.2 Å². The van der Waals surface area contributed by atoms with Gasteiger partial charge in [-0.05, 0) is 43.5 Å². The molecule has 1 fully saturated rings. The molecule has 0 spiro atoms. The van der Waals surface area contributed by atoms with E-state index in [2.05, 4.69) is 11.4 Å². The molecule has 1 N–H and O–H groups in total. The van der Waals surface area contributed by atoms with E-state index in [1.165, 1.54) is 0 Å². The standard InChI is InChI=1S/C13H14Cl2N2/c14-11-2-1-10(12(15)7-11)3-6-17-9-13(8-16)4-5-13/h1-2,7,17H,3-6,9H2. The van der Waals surface area contributed by atoms with Gasteiger partial charge in [0.1, 0.15) is 0 Å². The van der Waals surface area contributed by atoms with Gasteiger partial charge in [0.05, 0.1) is 11.5 Å². The van der Waals surface area contributed by atoms with Crippen LogP contribution < -0.4 is 5.32 Å². The van der Waals surface area contributed by atoms with Gasteiger partial charge in [0, 0.05) is 16.6 Å². The summed E-state index contributed by atoms with van der Waals surface area (Å²) in [6.45, 7) is 1.62. The fourth-order valence-electron chi connectivity index (χ4n) is 1.75. The summed E-state index contributed by atoms with van der Waals surface area (Å²) >= 11 is 11.9. The van der Waals surface area contributed by atoms with E-state index in [1.807, 2.05) is 12.1 Å². The zero-order valence-electron chi connectivity index (χ0n) is 9.47. The quantitative estimate of drug-likeness (QED) is 0.831. The highest BCUT2D eigenvalue weighted by atomic mass is 35.5. The van der Waals surface area contributed by atoms with Crippen molar-refractivity contribution in [2.75, 3.05) is 13.1 Å². The molecule has 0 saturated heterocycles. The molecule has 90 valence electrons. The Balaban J connectivity index is 1.77. The summed E-state index contributed by atoms with van der Waals surface area (Å²) in [5.74, 6) is 0. The van der Waals surface area contributed by atoms with Crippen LogP contribution in [0.5, 0.6) is 0 Å². The van der Waals surface area contributed by atoms with Crippen LogP contribution in [-0.4, -0.2) is 13.1 Å². The van der Waals surface area contributed by atoms with Crippen LogP contribution in [0.4, 0.5) is 0 Å². The fourth-order valence-corrected chi connectivity index (χ4v) is 2.26. The second-order valence-electron chi connectivity index (χ2n) is 4.55. The molecule has 0 atom stereocenters. The Bertz CT molecular complexity index is 447. The van der Waals surface area contributed by atoms with Crippen molar-refractivity contribution in [3.8, 4) is 6.07 Å². The molecule has 2 nitrogen and oxygen atoms in total. The van der Waals surface area contributed by atoms with Crippen molar-refractivity contribution in [3.63, 3.8) is 0 Å². The van der Waals surface area contributed by atoms with Gasteiger partial charge < -0.3 is 5.32 Å². The lowest BCUT2D eigenvalue weighted by atomic mass is 10.1. The van der Waals surface area contributed by atoms with E-state index in [4.69, 9.17) is 28.5 Å². The number of hydrogen-bond acceptors (Lipinski definition) is 2. The van der Waals surface area contributed by atoms with Crippen molar-refractivity contribution < 1.29 is 0 Å². The minimum absolute atomic E-state index is 0.0796. The number of hydrogen-bond donors (Lipinski definition) is 1. The highest BCUT2D eigenvalue weighted by Crippen LogP contribution is 2.43. The second-order valence-corrected chi connectivity index (χ2v) is 5.40. The molecule has 1 aliphatic carbocycles. The van der Waals surface area contributed by atoms with Gasteiger partial charge in [0.2, 0.25) is 0 Å². The lowest BCUT2D eigenvalue weighted by molar-refractivity contribution is 0.560. The first kappa shape index (κ1) is 12.7. The molecular formula is C13H14Cl2N2. The van der Waals surface area contributed by atoms with Gasteiger partial charge >= 0.3 is 0 Å². The first-order valence-electron chi connectivity index (χ1n) is 5.71. The molecule has 0 radical (unpaired) electrons. The summed E-state index contributed by atoms with van der Waals surface area (Å²) < 4.78 is 0. The molecule has 4 heteroatoms. The number of halogens is 2. The van der Waals surface area contributed by atoms with Crippen molar-refractivity contribution in [2.24, 2.45) is 5.41 Å². The molecule has 0 bridgehead atoms. The Hall–Kier alpha value is -0.750. The van der Waals surface area contributed by atoms with E-state index >= 15 is 0 Å². The summed E-state index contributed by atoms with van der Waals surface area (Å²) in [5.41, 5.74) is 1.01. The van der Waals surface area contributed by atoms with Crippen molar-refractivity contribution in [1.29, 1.82) is 5.26 Å². The molecule has 0 heterocycles. The van der Waals surface area contributed by atoms with E-state index in [1.54, 1.807) is 6.07 Å². The maximum absolute atomic E-state index is 8.92. The van der Waals surface area contributed by atoms with Gasteiger partial charge in [-0.3, -0.25) is 0 Å². The summed E-state index contributed by atoms with van der Waals surface area (Å²) in [4.78, 5) is 0. The summed E-state index contributed by atoms with van der Waals surface area (Å²) in [7, 11) is 0. The molecule has 17 heavy (non-hydrogen) atoms. The van der Waals surface area contributed by atoms with E-state index in [0.717, 1.165) is 37.9 Å². The van der Waals surface area contributed by atoms with Gasteiger partial charge in [0.15, 0.2) is 0 Å². The zero-order chi connectivity index (χ0) is 12.3. The normalized spacial score (nSPS) is 16.5. The summed E-state index contributed by atoms with van der Waals surface area (Å²) in [5, 5.41) is 13.6. The van der Waals surface area contributed by atoms with E-state index in [-0.39, 0.29) is 5.41 Å². The third-order valence-corrected chi connectivity index (χ3v) is 3.73. The predicted molar refractivity (Wildman–Crippen MR) is 70.3 cm³/mol. The van der Waals surface area contributed by atoms with Crippen LogP contribution in [0.15, 0.2) is 18.2 Å². The van der Waals surface area contributed by atoms with Gasteiger partial charge in [-0.25, -0.2) is 0 Å². The molecule has 1 saturated carbocycles. The van der Waals surface area contributed by atoms with Crippen LogP contribution in [0.3, 0.4) is 0 Å². The summed E-state index contributed by atoms with van der Waals surface area (Å²) in [6, 6.07) is 7.92. The van der Waals surface area contributed by atoms with Crippen molar-refractivity contribution in [3.05, 3.63) is 33.8 Å². The van der Waals surface area contributed by atoms with E-state index < -0.39 is 0 Å². The molecule has 1 aliphatic rings. The van der Waals surface area contributed by atoms with Crippen LogP contribution in [0.1, 0.15) is 18.4 Å². The number of nitriles is 1. The first-order valence-corrected chi connectivity index (χ1v) is 6.47. The topological polar surface area (TPSA) is 35.8 Å². The smallest absolute Gasteiger partial charge is 0.0703 e. The molecule has 0 amide bonds. The van der Waals surface area contributed by atoms with Gasteiger partial charge in [-0.1, -0.05) is 29.3 Å². The Morgan fingerprint density at radius 1 is 1.35 bits per heavy atom. The Morgan fingerprint density at radius 3 is 2.71 bits per heavy atom. The average Bonchev–Trinajstić information content (AvgIpc) is 3.07. The zero-order valence-corrected chi connectivity index (χ0v) is 11.0. The highest BCUT2D eigenvalue weighted by Gasteiger charge is 2.42. The molecule has 1 aromatic carbocycles. The van der Waals surface area contributed by atoms with Crippen LogP contribution in [-0.2, 0) is 6.42 Å². The van der Waals surface area contributed by atoms with Crippen LogP contribution in [0, 0.1) is 16.7 Å². The Morgan fingerprint density at radius 2 is 2.12 bits per heavy atom. The number of nitrogens with zero attached hydrogens (tertiary/aromatic N) is 1. The third kappa shape index (κ3) is 3.35. The van der Waals surface area contributed by atoms with Crippen molar-refractivity contribution >= 4 is 23.2 Å². The molecule has 0 aromatic heterocycles. The SMILES string of the molecule is N#CC1(CNCCc2ccc(Cl)cc2Cl)CC1. The molecule has 2 rings (SSSR count). The van der Waals surface area contributed by atoms with Crippen LogP contribution in [0.2, 0.25) is 10.0 Å². The number of rotatable bonds is 5. The highest BCUT2D eigenvalue weighted by molar-refractivity contribution is 6.35. The number of nitrogens with one attached hydrogen (secondary N) is 1. The lowest BCUT2D eigenvalue weighted by Gasteiger charge is -2.09. The molecule has 0 aliphatic heterocycles. The van der Waals surface area contributed by atoms with Crippen LogP contribution in [0.25, 0.3) is 0 Å². The monoisotopic (exact) mass is 268 g/mol. The molecule has 0 unspecified atom stereocenters. The lowest BCUT2D eigenvalue weighted by Crippen LogP contribution is -2.25. The maximum atomic E-state index is 8.92. The molecule has 1 aromatic rings. The second kappa shape index (κ2) is 5.27. The fraction of sp³-hybridized carbons (Fsp3) is 0.462. The number of benzene rings is 1. The summed E-state index contributed by atoms with van der Waals surface area (Å²) in [6.07, 6.45) is 2.91. The first-order chi connectivity index (χ1) is 8.15. The van der Waals surface area contributed by atoms with Gasteiger partial charge in [0.25, 0.3) is 0 Å². The Labute approximate surface area is 112 Å². The minimum atomic E-state index is -0.0796. The average molecular weight is 269 g/mol. The largest absolute Gasteiger partial charge is 0.315 e. The van der Waals surface area contributed by atoms with Gasteiger partial charge in [-0.15, -0.1) is 0 Å². The van der Waals surface area contributed by atoms with Crippen molar-refractivity contribution in [2.45, 2.75) is 19.3 Å². The predicted octanol–water partition coefficient (Wildman–Crippen LogP) is 3.43. The minimum Gasteiger partial charge on any atom is -0.315 e. The molecular weight excluding hydrogens is 255 g/mol. The maximum Gasteiger partial charge on any atom is 0.0703 e. The van der Waals surface area contributed by atoms with E-state index in [9.17, 15) is 0 Å².